The topological polar surface area (TPSA) is 85.4 Å². The van der Waals surface area contributed by atoms with Gasteiger partial charge in [0.25, 0.3) is 0 Å². The maximum Gasteiger partial charge on any atom is 0.248 e. The fraction of sp³-hybridized carbons (Fsp3) is 0.217. The molecule has 0 bridgehead atoms. The third-order valence-electron chi connectivity index (χ3n) is 4.65. The summed E-state index contributed by atoms with van der Waals surface area (Å²) in [7, 11) is 0. The van der Waals surface area contributed by atoms with Crippen LogP contribution in [0.5, 0.6) is 5.75 Å². The van der Waals surface area contributed by atoms with E-state index in [9.17, 15) is 9.90 Å². The second-order valence-corrected chi connectivity index (χ2v) is 6.76. The number of hydrogen-bond donors (Lipinski definition) is 2. The number of ether oxygens (including phenoxy) is 1. The van der Waals surface area contributed by atoms with E-state index < -0.39 is 12.0 Å². The molecule has 5 nitrogen and oxygen atoms in total. The highest BCUT2D eigenvalue weighted by Gasteiger charge is 2.16. The number of aryl methyl sites for hydroxylation is 1. The van der Waals surface area contributed by atoms with Crippen molar-refractivity contribution in [1.82, 2.24) is 4.98 Å². The molecule has 0 unspecified atom stereocenters. The molecule has 3 rings (SSSR count). The fourth-order valence-electron chi connectivity index (χ4n) is 2.97. The molecular weight excluding hydrogens is 352 g/mol. The zero-order chi connectivity index (χ0) is 19.9. The molecule has 1 aromatic heterocycles. The molecule has 0 radical (unpaired) electrons. The third-order valence-corrected chi connectivity index (χ3v) is 4.65. The van der Waals surface area contributed by atoms with Crippen LogP contribution >= 0.6 is 0 Å². The van der Waals surface area contributed by atoms with E-state index in [0.717, 1.165) is 23.1 Å². The summed E-state index contributed by atoms with van der Waals surface area (Å²) in [5.41, 5.74) is 8.78. The number of pyridine rings is 1. The minimum absolute atomic E-state index is 0.333. The van der Waals surface area contributed by atoms with E-state index in [4.69, 9.17) is 10.5 Å². The summed E-state index contributed by atoms with van der Waals surface area (Å²) in [6, 6.07) is 18.6. The van der Waals surface area contributed by atoms with Gasteiger partial charge in [0.1, 0.15) is 11.9 Å². The number of rotatable bonds is 8. The SMILES string of the molecule is C[C@H](Oc1ccc(-c2cccc(C(N)=O)c2)cc1)[C@H](O)CCc1cccnc1. The van der Waals surface area contributed by atoms with E-state index in [2.05, 4.69) is 4.98 Å². The van der Waals surface area contributed by atoms with Crippen LogP contribution in [0.2, 0.25) is 0 Å². The molecule has 3 N–H and O–H groups in total. The first-order valence-corrected chi connectivity index (χ1v) is 9.27. The maximum atomic E-state index is 11.3. The van der Waals surface area contributed by atoms with Crippen LogP contribution in [-0.4, -0.2) is 28.2 Å². The summed E-state index contributed by atoms with van der Waals surface area (Å²) in [4.78, 5) is 15.4. The van der Waals surface area contributed by atoms with Gasteiger partial charge in [-0.3, -0.25) is 9.78 Å². The molecule has 0 fully saturated rings. The van der Waals surface area contributed by atoms with Crippen LogP contribution in [0.25, 0.3) is 11.1 Å². The van der Waals surface area contributed by atoms with Crippen molar-refractivity contribution in [3.63, 3.8) is 0 Å². The average Bonchev–Trinajstić information content (AvgIpc) is 2.73. The minimum atomic E-state index is -0.577. The molecule has 0 saturated heterocycles. The van der Waals surface area contributed by atoms with Crippen molar-refractivity contribution in [2.45, 2.75) is 32.0 Å². The van der Waals surface area contributed by atoms with E-state index in [-0.39, 0.29) is 6.10 Å². The van der Waals surface area contributed by atoms with Gasteiger partial charge in [-0.15, -0.1) is 0 Å². The number of nitrogens with two attached hydrogens (primary N) is 1. The summed E-state index contributed by atoms with van der Waals surface area (Å²) in [6.07, 6.45) is 3.99. The number of aliphatic hydroxyl groups excluding tert-OH is 1. The first kappa shape index (κ1) is 19.6. The summed E-state index contributed by atoms with van der Waals surface area (Å²) in [6.45, 7) is 1.86. The first-order chi connectivity index (χ1) is 13.5. The van der Waals surface area contributed by atoms with E-state index in [1.54, 1.807) is 24.4 Å². The Morgan fingerprint density at radius 2 is 1.89 bits per heavy atom. The van der Waals surface area contributed by atoms with Crippen molar-refractivity contribution in [2.24, 2.45) is 5.73 Å². The van der Waals surface area contributed by atoms with Crippen molar-refractivity contribution in [3.05, 3.63) is 84.2 Å². The van der Waals surface area contributed by atoms with Crippen LogP contribution in [-0.2, 0) is 6.42 Å². The van der Waals surface area contributed by atoms with Gasteiger partial charge >= 0.3 is 0 Å². The van der Waals surface area contributed by atoms with Gasteiger partial charge in [0, 0.05) is 18.0 Å². The number of amides is 1. The van der Waals surface area contributed by atoms with Gasteiger partial charge < -0.3 is 15.6 Å². The van der Waals surface area contributed by atoms with E-state index in [1.807, 2.05) is 55.6 Å². The van der Waals surface area contributed by atoms with Crippen LogP contribution < -0.4 is 10.5 Å². The molecular formula is C23H24N2O3. The lowest BCUT2D eigenvalue weighted by Gasteiger charge is -2.20. The number of carbonyl (C=O) groups excluding carboxylic acids is 1. The molecule has 0 aliphatic carbocycles. The minimum Gasteiger partial charge on any atom is -0.488 e. The highest BCUT2D eigenvalue weighted by atomic mass is 16.5. The average molecular weight is 376 g/mol. The summed E-state index contributed by atoms with van der Waals surface area (Å²) >= 11 is 0. The first-order valence-electron chi connectivity index (χ1n) is 9.27. The molecule has 2 aromatic carbocycles. The monoisotopic (exact) mass is 376 g/mol. The Morgan fingerprint density at radius 3 is 2.57 bits per heavy atom. The molecule has 0 aliphatic rings. The normalized spacial score (nSPS) is 12.9. The number of hydrogen-bond acceptors (Lipinski definition) is 4. The molecule has 1 heterocycles. The van der Waals surface area contributed by atoms with Gasteiger partial charge in [-0.25, -0.2) is 0 Å². The van der Waals surface area contributed by atoms with E-state index in [1.165, 1.54) is 0 Å². The van der Waals surface area contributed by atoms with Crippen molar-refractivity contribution < 1.29 is 14.6 Å². The smallest absolute Gasteiger partial charge is 0.248 e. The number of nitrogens with zero attached hydrogens (tertiary/aromatic N) is 1. The highest BCUT2D eigenvalue weighted by molar-refractivity contribution is 5.94. The Balaban J connectivity index is 1.59. The molecule has 0 spiro atoms. The standard InChI is InChI=1S/C23H24N2O3/c1-16(22(26)12-7-17-4-3-13-25-15-17)28-21-10-8-18(9-11-21)19-5-2-6-20(14-19)23(24)27/h2-6,8-11,13-16,22,26H,7,12H2,1H3,(H2,24,27)/t16-,22+/m0/s1. The van der Waals surface area contributed by atoms with Crippen LogP contribution in [0, 0.1) is 0 Å². The Bertz CT molecular complexity index is 911. The third kappa shape index (κ3) is 5.18. The second-order valence-electron chi connectivity index (χ2n) is 6.76. The summed E-state index contributed by atoms with van der Waals surface area (Å²) in [5, 5.41) is 10.4. The molecule has 0 aliphatic heterocycles. The number of aromatic nitrogens is 1. The Kier molecular flexibility index (Phi) is 6.40. The van der Waals surface area contributed by atoms with Gasteiger partial charge in [0.05, 0.1) is 6.10 Å². The Labute approximate surface area is 164 Å². The molecule has 3 aromatic rings. The molecule has 2 atom stereocenters. The van der Waals surface area contributed by atoms with Crippen molar-refractivity contribution >= 4 is 5.91 Å². The van der Waals surface area contributed by atoms with Gasteiger partial charge in [0.15, 0.2) is 0 Å². The van der Waals surface area contributed by atoms with Crippen molar-refractivity contribution in [2.75, 3.05) is 0 Å². The fourth-order valence-corrected chi connectivity index (χ4v) is 2.97. The van der Waals surface area contributed by atoms with Gasteiger partial charge in [-0.05, 0) is 66.8 Å². The predicted molar refractivity (Wildman–Crippen MR) is 109 cm³/mol. The number of benzene rings is 2. The van der Waals surface area contributed by atoms with Gasteiger partial charge in [0.2, 0.25) is 5.91 Å². The Morgan fingerprint density at radius 1 is 1.11 bits per heavy atom. The molecule has 5 heteroatoms. The number of carbonyl (C=O) groups is 1. The van der Waals surface area contributed by atoms with E-state index in [0.29, 0.717) is 17.7 Å². The quantitative estimate of drug-likeness (QED) is 0.629. The predicted octanol–water partition coefficient (Wildman–Crippen LogP) is 3.61. The second kappa shape index (κ2) is 9.15. The molecule has 28 heavy (non-hydrogen) atoms. The molecule has 1 amide bonds. The Hall–Kier alpha value is -3.18. The number of primary amides is 1. The van der Waals surface area contributed by atoms with E-state index >= 15 is 0 Å². The van der Waals surface area contributed by atoms with Crippen molar-refractivity contribution in [3.8, 4) is 16.9 Å². The lowest BCUT2D eigenvalue weighted by atomic mass is 10.0. The van der Waals surface area contributed by atoms with Crippen LogP contribution in [0.1, 0.15) is 29.3 Å². The van der Waals surface area contributed by atoms with Gasteiger partial charge in [-0.1, -0.05) is 30.3 Å². The number of aliphatic hydroxyl groups is 1. The largest absolute Gasteiger partial charge is 0.488 e. The van der Waals surface area contributed by atoms with Crippen LogP contribution in [0.15, 0.2) is 73.1 Å². The van der Waals surface area contributed by atoms with Gasteiger partial charge in [-0.2, -0.15) is 0 Å². The zero-order valence-electron chi connectivity index (χ0n) is 15.8. The van der Waals surface area contributed by atoms with Crippen LogP contribution in [0.3, 0.4) is 0 Å². The van der Waals surface area contributed by atoms with Crippen molar-refractivity contribution in [1.29, 1.82) is 0 Å². The molecule has 144 valence electrons. The summed E-state index contributed by atoms with van der Waals surface area (Å²) < 4.78 is 5.88. The zero-order valence-corrected chi connectivity index (χ0v) is 15.8. The summed E-state index contributed by atoms with van der Waals surface area (Å²) in [5.74, 6) is 0.235. The molecule has 0 saturated carbocycles. The lowest BCUT2D eigenvalue weighted by Crippen LogP contribution is -2.29. The van der Waals surface area contributed by atoms with Crippen LogP contribution in [0.4, 0.5) is 0 Å². The maximum absolute atomic E-state index is 11.3. The highest BCUT2D eigenvalue weighted by Crippen LogP contribution is 2.24. The lowest BCUT2D eigenvalue weighted by molar-refractivity contribution is 0.0420.